The van der Waals surface area contributed by atoms with Gasteiger partial charge in [0, 0.05) is 11.6 Å². The molecule has 1 fully saturated rings. The number of carbonyl (C=O) groups excluding carboxylic acids is 1. The first-order chi connectivity index (χ1) is 9.61. The van der Waals surface area contributed by atoms with E-state index in [0.29, 0.717) is 11.5 Å². The standard InChI is InChI=1S/C16H18FNO2/c1-11-4-2-6-15(11)18-16(20)13-8-7-12(5-3-9-19)10-14(13)17/h7-8,10-11,15,19H,2,4,6,9H2,1H3,(H,18,20). The first-order valence-corrected chi connectivity index (χ1v) is 6.82. The maximum atomic E-state index is 13.9. The summed E-state index contributed by atoms with van der Waals surface area (Å²) in [6.07, 6.45) is 3.15. The summed E-state index contributed by atoms with van der Waals surface area (Å²) in [6, 6.07) is 4.37. The quantitative estimate of drug-likeness (QED) is 0.812. The summed E-state index contributed by atoms with van der Waals surface area (Å²) in [7, 11) is 0. The van der Waals surface area contributed by atoms with Crippen molar-refractivity contribution >= 4 is 5.91 Å². The molecular formula is C16H18FNO2. The first-order valence-electron chi connectivity index (χ1n) is 6.82. The summed E-state index contributed by atoms with van der Waals surface area (Å²) in [5.41, 5.74) is 0.487. The van der Waals surface area contributed by atoms with Crippen LogP contribution in [-0.2, 0) is 0 Å². The second-order valence-corrected chi connectivity index (χ2v) is 5.14. The molecule has 4 heteroatoms. The minimum atomic E-state index is -0.585. The average molecular weight is 275 g/mol. The van der Waals surface area contributed by atoms with Gasteiger partial charge in [0.25, 0.3) is 5.91 Å². The lowest BCUT2D eigenvalue weighted by molar-refractivity contribution is 0.0925. The van der Waals surface area contributed by atoms with Crippen LogP contribution < -0.4 is 5.32 Å². The van der Waals surface area contributed by atoms with E-state index in [1.54, 1.807) is 6.07 Å². The second kappa shape index (κ2) is 6.53. The number of amides is 1. The molecule has 0 aromatic heterocycles. The number of halogens is 1. The van der Waals surface area contributed by atoms with Crippen LogP contribution in [0, 0.1) is 23.6 Å². The third-order valence-electron chi connectivity index (χ3n) is 3.70. The van der Waals surface area contributed by atoms with Gasteiger partial charge in [0.15, 0.2) is 0 Å². The molecule has 1 aromatic carbocycles. The minimum absolute atomic E-state index is 0.0404. The Kier molecular flexibility index (Phi) is 4.75. The van der Waals surface area contributed by atoms with Crippen LogP contribution in [0.5, 0.6) is 0 Å². The molecule has 0 radical (unpaired) electrons. The normalized spacial score (nSPS) is 21.1. The predicted octanol–water partition coefficient (Wildman–Crippen LogP) is 2.09. The van der Waals surface area contributed by atoms with Gasteiger partial charge in [-0.3, -0.25) is 4.79 Å². The van der Waals surface area contributed by atoms with Crippen LogP contribution in [0.25, 0.3) is 0 Å². The molecule has 2 unspecified atom stereocenters. The Balaban J connectivity index is 2.10. The molecule has 0 aliphatic heterocycles. The van der Waals surface area contributed by atoms with E-state index in [2.05, 4.69) is 24.1 Å². The van der Waals surface area contributed by atoms with E-state index in [-0.39, 0.29) is 24.1 Å². The van der Waals surface area contributed by atoms with E-state index in [0.717, 1.165) is 19.3 Å². The van der Waals surface area contributed by atoms with Crippen molar-refractivity contribution in [2.24, 2.45) is 5.92 Å². The number of hydrogen-bond acceptors (Lipinski definition) is 2. The lowest BCUT2D eigenvalue weighted by Gasteiger charge is -2.17. The molecule has 0 saturated heterocycles. The summed E-state index contributed by atoms with van der Waals surface area (Å²) in [6.45, 7) is 1.82. The van der Waals surface area contributed by atoms with E-state index in [1.807, 2.05) is 0 Å². The van der Waals surface area contributed by atoms with Crippen molar-refractivity contribution in [3.63, 3.8) is 0 Å². The highest BCUT2D eigenvalue weighted by molar-refractivity contribution is 5.94. The maximum absolute atomic E-state index is 13.9. The SMILES string of the molecule is CC1CCCC1NC(=O)c1ccc(C#CCO)cc1F. The van der Waals surface area contributed by atoms with Crippen LogP contribution in [-0.4, -0.2) is 23.7 Å². The van der Waals surface area contributed by atoms with Gasteiger partial charge < -0.3 is 10.4 Å². The molecule has 0 heterocycles. The third-order valence-corrected chi connectivity index (χ3v) is 3.70. The fourth-order valence-electron chi connectivity index (χ4n) is 2.52. The zero-order valence-corrected chi connectivity index (χ0v) is 11.4. The van der Waals surface area contributed by atoms with Gasteiger partial charge in [-0.15, -0.1) is 0 Å². The lowest BCUT2D eigenvalue weighted by Crippen LogP contribution is -2.36. The highest BCUT2D eigenvalue weighted by Crippen LogP contribution is 2.25. The monoisotopic (exact) mass is 275 g/mol. The third kappa shape index (κ3) is 3.37. The van der Waals surface area contributed by atoms with Crippen LogP contribution in [0.4, 0.5) is 4.39 Å². The zero-order chi connectivity index (χ0) is 14.5. The predicted molar refractivity (Wildman–Crippen MR) is 74.6 cm³/mol. The van der Waals surface area contributed by atoms with Crippen LogP contribution in [0.15, 0.2) is 18.2 Å². The Bertz CT molecular complexity index is 559. The number of aliphatic hydroxyl groups is 1. The molecule has 2 N–H and O–H groups in total. The van der Waals surface area contributed by atoms with Crippen molar-refractivity contribution in [3.8, 4) is 11.8 Å². The minimum Gasteiger partial charge on any atom is -0.384 e. The Hall–Kier alpha value is -1.86. The van der Waals surface area contributed by atoms with Crippen LogP contribution in [0.2, 0.25) is 0 Å². The van der Waals surface area contributed by atoms with Crippen molar-refractivity contribution in [3.05, 3.63) is 35.1 Å². The van der Waals surface area contributed by atoms with Crippen molar-refractivity contribution in [1.82, 2.24) is 5.32 Å². The van der Waals surface area contributed by atoms with E-state index in [4.69, 9.17) is 5.11 Å². The molecule has 3 nitrogen and oxygen atoms in total. The topological polar surface area (TPSA) is 49.3 Å². The number of nitrogens with one attached hydrogen (secondary N) is 1. The molecule has 2 atom stereocenters. The number of rotatable bonds is 2. The van der Waals surface area contributed by atoms with E-state index >= 15 is 0 Å². The summed E-state index contributed by atoms with van der Waals surface area (Å²) < 4.78 is 13.9. The average Bonchev–Trinajstić information content (AvgIpc) is 2.82. The summed E-state index contributed by atoms with van der Waals surface area (Å²) in [5, 5.41) is 11.5. The molecule has 1 aliphatic carbocycles. The van der Waals surface area contributed by atoms with Gasteiger partial charge in [0.1, 0.15) is 12.4 Å². The van der Waals surface area contributed by atoms with Gasteiger partial charge in [-0.2, -0.15) is 0 Å². The van der Waals surface area contributed by atoms with Crippen molar-refractivity contribution in [2.75, 3.05) is 6.61 Å². The smallest absolute Gasteiger partial charge is 0.254 e. The van der Waals surface area contributed by atoms with Gasteiger partial charge in [-0.25, -0.2) is 4.39 Å². The molecule has 1 saturated carbocycles. The zero-order valence-electron chi connectivity index (χ0n) is 11.4. The highest BCUT2D eigenvalue weighted by Gasteiger charge is 2.25. The number of benzene rings is 1. The van der Waals surface area contributed by atoms with Crippen molar-refractivity contribution in [1.29, 1.82) is 0 Å². The fourth-order valence-corrected chi connectivity index (χ4v) is 2.52. The number of aliphatic hydroxyl groups excluding tert-OH is 1. The van der Waals surface area contributed by atoms with Gasteiger partial charge in [-0.05, 0) is 37.0 Å². The van der Waals surface area contributed by atoms with Gasteiger partial charge in [0.2, 0.25) is 0 Å². The Morgan fingerprint density at radius 2 is 2.30 bits per heavy atom. The van der Waals surface area contributed by atoms with Crippen LogP contribution in [0.3, 0.4) is 0 Å². The molecule has 20 heavy (non-hydrogen) atoms. The highest BCUT2D eigenvalue weighted by atomic mass is 19.1. The molecule has 0 bridgehead atoms. The van der Waals surface area contributed by atoms with E-state index < -0.39 is 5.82 Å². The van der Waals surface area contributed by atoms with Gasteiger partial charge in [0.05, 0.1) is 5.56 Å². The Morgan fingerprint density at radius 1 is 1.50 bits per heavy atom. The Morgan fingerprint density at radius 3 is 2.90 bits per heavy atom. The number of carbonyl (C=O) groups is 1. The molecule has 1 aromatic rings. The largest absolute Gasteiger partial charge is 0.384 e. The molecule has 0 spiro atoms. The summed E-state index contributed by atoms with van der Waals surface area (Å²) in [5.74, 6) is 4.54. The fraction of sp³-hybridized carbons (Fsp3) is 0.438. The summed E-state index contributed by atoms with van der Waals surface area (Å²) >= 11 is 0. The maximum Gasteiger partial charge on any atom is 0.254 e. The van der Waals surface area contributed by atoms with Crippen LogP contribution >= 0.6 is 0 Å². The van der Waals surface area contributed by atoms with Gasteiger partial charge in [-0.1, -0.05) is 25.2 Å². The molecule has 106 valence electrons. The Labute approximate surface area is 118 Å². The van der Waals surface area contributed by atoms with E-state index in [1.165, 1.54) is 12.1 Å². The van der Waals surface area contributed by atoms with Crippen molar-refractivity contribution in [2.45, 2.75) is 32.2 Å². The van der Waals surface area contributed by atoms with Crippen molar-refractivity contribution < 1.29 is 14.3 Å². The van der Waals surface area contributed by atoms with E-state index in [9.17, 15) is 9.18 Å². The molecule has 2 rings (SSSR count). The summed E-state index contributed by atoms with van der Waals surface area (Å²) in [4.78, 5) is 12.1. The molecule has 1 aliphatic rings. The first kappa shape index (κ1) is 14.5. The molecule has 1 amide bonds. The van der Waals surface area contributed by atoms with Gasteiger partial charge >= 0.3 is 0 Å². The second-order valence-electron chi connectivity index (χ2n) is 5.14. The lowest BCUT2D eigenvalue weighted by atomic mass is 10.1. The van der Waals surface area contributed by atoms with Crippen LogP contribution in [0.1, 0.15) is 42.1 Å². The number of hydrogen-bond donors (Lipinski definition) is 2. The molecular weight excluding hydrogens is 257 g/mol.